The predicted octanol–water partition coefficient (Wildman–Crippen LogP) is 3.13. The van der Waals surface area contributed by atoms with E-state index in [4.69, 9.17) is 21.1 Å². The SMILES string of the molecule is Cc1cnc(N2CC[C@@H](c3ccc4c(c3)OCO4)[C@H](O)C2)c(Cl)c1. The molecule has 24 heavy (non-hydrogen) atoms. The van der Waals surface area contributed by atoms with Crippen LogP contribution in [0.3, 0.4) is 0 Å². The van der Waals surface area contributed by atoms with E-state index in [1.54, 1.807) is 6.20 Å². The number of rotatable bonds is 2. The number of hydrogen-bond donors (Lipinski definition) is 1. The second kappa shape index (κ2) is 6.15. The first-order valence-electron chi connectivity index (χ1n) is 8.06. The standard InChI is InChI=1S/C18H19ClN2O3/c1-11-6-14(19)18(20-8-11)21-5-4-13(15(22)9-21)12-2-3-16-17(7-12)24-10-23-16/h2-3,6-8,13,15,22H,4-5,9-10H2,1H3/t13-,15+/m0/s1. The number of halogens is 1. The first kappa shape index (κ1) is 15.5. The lowest BCUT2D eigenvalue weighted by Gasteiger charge is -2.37. The highest BCUT2D eigenvalue weighted by atomic mass is 35.5. The van der Waals surface area contributed by atoms with Gasteiger partial charge >= 0.3 is 0 Å². The van der Waals surface area contributed by atoms with E-state index in [2.05, 4.69) is 9.88 Å². The largest absolute Gasteiger partial charge is 0.454 e. The maximum absolute atomic E-state index is 10.7. The molecule has 0 saturated carbocycles. The minimum atomic E-state index is -0.488. The van der Waals surface area contributed by atoms with Gasteiger partial charge in [0.1, 0.15) is 5.82 Å². The molecule has 2 aliphatic rings. The minimum absolute atomic E-state index is 0.0694. The molecule has 0 amide bonds. The highest BCUT2D eigenvalue weighted by Crippen LogP contribution is 2.38. The molecule has 1 aromatic carbocycles. The van der Waals surface area contributed by atoms with Gasteiger partial charge in [0.2, 0.25) is 6.79 Å². The third-order valence-corrected chi connectivity index (χ3v) is 4.94. The van der Waals surface area contributed by atoms with Crippen molar-refractivity contribution in [2.45, 2.75) is 25.4 Å². The van der Waals surface area contributed by atoms with Crippen LogP contribution >= 0.6 is 11.6 Å². The lowest BCUT2D eigenvalue weighted by Crippen LogP contribution is -2.43. The van der Waals surface area contributed by atoms with Crippen molar-refractivity contribution in [1.82, 2.24) is 4.98 Å². The number of ether oxygens (including phenoxy) is 2. The molecule has 0 unspecified atom stereocenters. The summed E-state index contributed by atoms with van der Waals surface area (Å²) < 4.78 is 10.8. The van der Waals surface area contributed by atoms with Crippen molar-refractivity contribution in [2.24, 2.45) is 0 Å². The molecule has 4 rings (SSSR count). The van der Waals surface area contributed by atoms with Crippen LogP contribution < -0.4 is 14.4 Å². The van der Waals surface area contributed by atoms with Crippen molar-refractivity contribution in [3.63, 3.8) is 0 Å². The number of aliphatic hydroxyl groups excluding tert-OH is 1. The Balaban J connectivity index is 1.52. The molecule has 1 fully saturated rings. The first-order chi connectivity index (χ1) is 11.6. The number of anilines is 1. The number of nitrogens with zero attached hydrogens (tertiary/aromatic N) is 2. The number of piperidine rings is 1. The van der Waals surface area contributed by atoms with Gasteiger partial charge in [0, 0.05) is 25.2 Å². The van der Waals surface area contributed by atoms with Crippen molar-refractivity contribution in [1.29, 1.82) is 0 Å². The highest BCUT2D eigenvalue weighted by Gasteiger charge is 2.31. The Kier molecular flexibility index (Phi) is 3.98. The smallest absolute Gasteiger partial charge is 0.231 e. The van der Waals surface area contributed by atoms with Gasteiger partial charge in [-0.2, -0.15) is 0 Å². The number of hydrogen-bond acceptors (Lipinski definition) is 5. The van der Waals surface area contributed by atoms with Crippen molar-refractivity contribution in [2.75, 3.05) is 24.8 Å². The fraction of sp³-hybridized carbons (Fsp3) is 0.389. The van der Waals surface area contributed by atoms with E-state index in [9.17, 15) is 5.11 Å². The second-order valence-corrected chi connectivity index (χ2v) is 6.75. The van der Waals surface area contributed by atoms with Crippen molar-refractivity contribution < 1.29 is 14.6 Å². The Bertz CT molecular complexity index is 768. The zero-order chi connectivity index (χ0) is 16.7. The van der Waals surface area contributed by atoms with Crippen LogP contribution in [-0.2, 0) is 0 Å². The number of aliphatic hydroxyl groups is 1. The van der Waals surface area contributed by atoms with Gasteiger partial charge < -0.3 is 19.5 Å². The molecule has 2 aromatic rings. The number of aryl methyl sites for hydroxylation is 1. The summed E-state index contributed by atoms with van der Waals surface area (Å²) in [6, 6.07) is 7.80. The van der Waals surface area contributed by atoms with Crippen LogP contribution in [0.1, 0.15) is 23.5 Å². The van der Waals surface area contributed by atoms with Crippen LogP contribution in [0.15, 0.2) is 30.5 Å². The molecule has 126 valence electrons. The van der Waals surface area contributed by atoms with Crippen LogP contribution in [0.2, 0.25) is 5.02 Å². The van der Waals surface area contributed by atoms with Gasteiger partial charge in [-0.3, -0.25) is 0 Å². The molecule has 1 N–H and O–H groups in total. The van der Waals surface area contributed by atoms with Gasteiger partial charge in [0.05, 0.1) is 11.1 Å². The topological polar surface area (TPSA) is 54.8 Å². The van der Waals surface area contributed by atoms with Gasteiger partial charge in [-0.25, -0.2) is 4.98 Å². The van der Waals surface area contributed by atoms with Gasteiger partial charge in [-0.05, 0) is 42.7 Å². The molecule has 2 atom stereocenters. The molecule has 6 heteroatoms. The van der Waals surface area contributed by atoms with Gasteiger partial charge in [0.15, 0.2) is 11.5 Å². The molecule has 5 nitrogen and oxygen atoms in total. The summed E-state index contributed by atoms with van der Waals surface area (Å²) in [6.07, 6.45) is 2.14. The molecule has 1 aromatic heterocycles. The zero-order valence-electron chi connectivity index (χ0n) is 13.4. The number of fused-ring (bicyclic) bond motifs is 1. The molecular weight excluding hydrogens is 328 g/mol. The highest BCUT2D eigenvalue weighted by molar-refractivity contribution is 6.33. The predicted molar refractivity (Wildman–Crippen MR) is 92.1 cm³/mol. The van der Waals surface area contributed by atoms with Gasteiger partial charge in [-0.15, -0.1) is 0 Å². The zero-order valence-corrected chi connectivity index (χ0v) is 14.2. The van der Waals surface area contributed by atoms with E-state index in [-0.39, 0.29) is 12.7 Å². The molecule has 0 radical (unpaired) electrons. The van der Waals surface area contributed by atoms with Crippen LogP contribution in [0, 0.1) is 6.92 Å². The quantitative estimate of drug-likeness (QED) is 0.905. The summed E-state index contributed by atoms with van der Waals surface area (Å²) in [5.74, 6) is 2.33. The monoisotopic (exact) mass is 346 g/mol. The Morgan fingerprint density at radius 1 is 1.25 bits per heavy atom. The molecule has 0 bridgehead atoms. The van der Waals surface area contributed by atoms with Crippen LogP contribution in [-0.4, -0.2) is 36.1 Å². The van der Waals surface area contributed by atoms with E-state index in [1.807, 2.05) is 31.2 Å². The molecule has 3 heterocycles. The third-order valence-electron chi connectivity index (χ3n) is 4.66. The van der Waals surface area contributed by atoms with Crippen LogP contribution in [0.4, 0.5) is 5.82 Å². The number of pyridine rings is 1. The van der Waals surface area contributed by atoms with E-state index < -0.39 is 6.10 Å². The Labute approximate surface area is 145 Å². The second-order valence-electron chi connectivity index (χ2n) is 6.34. The number of benzene rings is 1. The number of β-amino-alcohol motifs (C(OH)–C–C–N with tert-alkyl or cyclic N) is 1. The summed E-state index contributed by atoms with van der Waals surface area (Å²) in [4.78, 5) is 6.48. The summed E-state index contributed by atoms with van der Waals surface area (Å²) in [6.45, 7) is 3.53. The van der Waals surface area contributed by atoms with Crippen molar-refractivity contribution in [3.05, 3.63) is 46.6 Å². The van der Waals surface area contributed by atoms with E-state index in [1.165, 1.54) is 0 Å². The molecule has 1 saturated heterocycles. The Hall–Kier alpha value is -1.98. The lowest BCUT2D eigenvalue weighted by molar-refractivity contribution is 0.129. The first-order valence-corrected chi connectivity index (χ1v) is 8.44. The average molecular weight is 347 g/mol. The summed E-state index contributed by atoms with van der Waals surface area (Å²) in [5.41, 5.74) is 2.11. The third kappa shape index (κ3) is 2.78. The van der Waals surface area contributed by atoms with E-state index >= 15 is 0 Å². The molecule has 2 aliphatic heterocycles. The minimum Gasteiger partial charge on any atom is -0.454 e. The summed E-state index contributed by atoms with van der Waals surface area (Å²) in [5, 5.41) is 11.3. The molecule has 0 aliphatic carbocycles. The Morgan fingerprint density at radius 2 is 2.08 bits per heavy atom. The Morgan fingerprint density at radius 3 is 2.88 bits per heavy atom. The molecular formula is C18H19ClN2O3. The van der Waals surface area contributed by atoms with Crippen LogP contribution in [0.25, 0.3) is 0 Å². The molecule has 0 spiro atoms. The fourth-order valence-electron chi connectivity index (χ4n) is 3.42. The average Bonchev–Trinajstić information content (AvgIpc) is 3.02. The van der Waals surface area contributed by atoms with Crippen LogP contribution in [0.5, 0.6) is 11.5 Å². The van der Waals surface area contributed by atoms with Crippen molar-refractivity contribution >= 4 is 17.4 Å². The fourth-order valence-corrected chi connectivity index (χ4v) is 3.76. The van der Waals surface area contributed by atoms with E-state index in [0.29, 0.717) is 11.6 Å². The lowest BCUT2D eigenvalue weighted by atomic mass is 9.87. The number of aromatic nitrogens is 1. The van der Waals surface area contributed by atoms with E-state index in [0.717, 1.165) is 41.4 Å². The summed E-state index contributed by atoms with van der Waals surface area (Å²) >= 11 is 6.31. The van der Waals surface area contributed by atoms with Gasteiger partial charge in [0.25, 0.3) is 0 Å². The maximum Gasteiger partial charge on any atom is 0.231 e. The normalized spacial score (nSPS) is 22.7. The maximum atomic E-state index is 10.7. The van der Waals surface area contributed by atoms with Gasteiger partial charge in [-0.1, -0.05) is 17.7 Å². The summed E-state index contributed by atoms with van der Waals surface area (Å²) in [7, 11) is 0. The van der Waals surface area contributed by atoms with Crippen molar-refractivity contribution in [3.8, 4) is 11.5 Å².